The quantitative estimate of drug-likeness (QED) is 0.815. The summed E-state index contributed by atoms with van der Waals surface area (Å²) < 4.78 is 0. The van der Waals surface area contributed by atoms with E-state index >= 15 is 0 Å². The Morgan fingerprint density at radius 3 is 2.35 bits per heavy atom. The molecule has 20 heavy (non-hydrogen) atoms. The van der Waals surface area contributed by atoms with Gasteiger partial charge >= 0.3 is 0 Å². The van der Waals surface area contributed by atoms with Crippen LogP contribution in [-0.2, 0) is 0 Å². The maximum atomic E-state index is 12.5. The fourth-order valence-electron chi connectivity index (χ4n) is 2.22. The van der Waals surface area contributed by atoms with Crippen LogP contribution in [0.2, 0.25) is 0 Å². The average Bonchev–Trinajstić information content (AvgIpc) is 2.41. The number of rotatable bonds is 2. The van der Waals surface area contributed by atoms with E-state index in [9.17, 15) is 4.79 Å². The van der Waals surface area contributed by atoms with Gasteiger partial charge in [-0.05, 0) is 56.5 Å². The van der Waals surface area contributed by atoms with Crippen molar-refractivity contribution in [3.63, 3.8) is 0 Å². The van der Waals surface area contributed by atoms with Crippen LogP contribution in [0.3, 0.4) is 0 Å². The Hall–Kier alpha value is -2.29. The summed E-state index contributed by atoms with van der Waals surface area (Å²) >= 11 is 0. The van der Waals surface area contributed by atoms with Gasteiger partial charge in [-0.2, -0.15) is 0 Å². The number of amides is 1. The lowest BCUT2D eigenvalue weighted by molar-refractivity contribution is 0.102. The van der Waals surface area contributed by atoms with E-state index in [0.29, 0.717) is 11.3 Å². The number of nitrogens with one attached hydrogen (secondary N) is 1. The predicted octanol–water partition coefficient (Wildman–Crippen LogP) is 3.75. The van der Waals surface area contributed by atoms with Gasteiger partial charge in [0.15, 0.2) is 0 Å². The molecule has 3 N–H and O–H groups in total. The fraction of sp³-hybridized carbons (Fsp3) is 0.235. The molecule has 0 fully saturated rings. The van der Waals surface area contributed by atoms with Crippen molar-refractivity contribution < 1.29 is 4.79 Å². The Labute approximate surface area is 119 Å². The fourth-order valence-corrected chi connectivity index (χ4v) is 2.22. The standard InChI is InChI=1S/C17H20N2O/c1-10-5-6-11(2)14(9-10)17(20)19-16-12(3)7-8-15(18)13(16)4/h5-9H,18H2,1-4H3,(H,19,20). The van der Waals surface area contributed by atoms with Crippen LogP contribution >= 0.6 is 0 Å². The first-order valence-corrected chi connectivity index (χ1v) is 6.64. The Balaban J connectivity index is 2.38. The largest absolute Gasteiger partial charge is 0.398 e. The van der Waals surface area contributed by atoms with E-state index < -0.39 is 0 Å². The minimum absolute atomic E-state index is 0.0944. The Morgan fingerprint density at radius 2 is 1.65 bits per heavy atom. The van der Waals surface area contributed by atoms with Gasteiger partial charge in [-0.3, -0.25) is 4.79 Å². The third-order valence-corrected chi connectivity index (χ3v) is 3.59. The van der Waals surface area contributed by atoms with Gasteiger partial charge in [0.2, 0.25) is 0 Å². The molecule has 0 spiro atoms. The first-order valence-electron chi connectivity index (χ1n) is 6.64. The number of carbonyl (C=O) groups is 1. The van der Waals surface area contributed by atoms with E-state index in [0.717, 1.165) is 27.9 Å². The molecule has 0 aliphatic rings. The monoisotopic (exact) mass is 268 g/mol. The van der Waals surface area contributed by atoms with Crippen molar-refractivity contribution in [2.24, 2.45) is 0 Å². The van der Waals surface area contributed by atoms with Crippen LogP contribution in [-0.4, -0.2) is 5.91 Å². The highest BCUT2D eigenvalue weighted by Gasteiger charge is 2.13. The van der Waals surface area contributed by atoms with Gasteiger partial charge in [0, 0.05) is 16.9 Å². The Kier molecular flexibility index (Phi) is 3.79. The van der Waals surface area contributed by atoms with Crippen molar-refractivity contribution >= 4 is 17.3 Å². The molecule has 0 aliphatic carbocycles. The summed E-state index contributed by atoms with van der Waals surface area (Å²) in [5.41, 5.74) is 12.0. The highest BCUT2D eigenvalue weighted by molar-refractivity contribution is 6.06. The van der Waals surface area contributed by atoms with E-state index in [2.05, 4.69) is 5.32 Å². The summed E-state index contributed by atoms with van der Waals surface area (Å²) in [7, 11) is 0. The normalized spacial score (nSPS) is 10.4. The minimum atomic E-state index is -0.0944. The topological polar surface area (TPSA) is 55.1 Å². The molecule has 0 bridgehead atoms. The third kappa shape index (κ3) is 2.67. The van der Waals surface area contributed by atoms with Crippen molar-refractivity contribution in [2.45, 2.75) is 27.7 Å². The molecule has 1 amide bonds. The maximum Gasteiger partial charge on any atom is 0.255 e. The molecule has 0 radical (unpaired) electrons. The molecule has 0 saturated heterocycles. The second-order valence-electron chi connectivity index (χ2n) is 5.24. The lowest BCUT2D eigenvalue weighted by Gasteiger charge is -2.14. The van der Waals surface area contributed by atoms with Crippen molar-refractivity contribution in [1.82, 2.24) is 0 Å². The smallest absolute Gasteiger partial charge is 0.255 e. The first kappa shape index (κ1) is 14.1. The number of nitrogens with two attached hydrogens (primary N) is 1. The molecule has 0 unspecified atom stereocenters. The van der Waals surface area contributed by atoms with Gasteiger partial charge in [-0.1, -0.05) is 23.8 Å². The average molecular weight is 268 g/mol. The highest BCUT2D eigenvalue weighted by atomic mass is 16.1. The van der Waals surface area contributed by atoms with Crippen LogP contribution in [0.1, 0.15) is 32.6 Å². The van der Waals surface area contributed by atoms with E-state index in [-0.39, 0.29) is 5.91 Å². The highest BCUT2D eigenvalue weighted by Crippen LogP contribution is 2.26. The zero-order chi connectivity index (χ0) is 14.9. The molecule has 104 valence electrons. The minimum Gasteiger partial charge on any atom is -0.398 e. The second-order valence-corrected chi connectivity index (χ2v) is 5.24. The van der Waals surface area contributed by atoms with Gasteiger partial charge < -0.3 is 11.1 Å². The number of anilines is 2. The summed E-state index contributed by atoms with van der Waals surface area (Å²) in [4.78, 5) is 12.5. The molecule has 0 saturated carbocycles. The molecule has 2 aromatic rings. The zero-order valence-corrected chi connectivity index (χ0v) is 12.4. The van der Waals surface area contributed by atoms with Gasteiger partial charge in [0.1, 0.15) is 0 Å². The number of carbonyl (C=O) groups excluding carboxylic acids is 1. The van der Waals surface area contributed by atoms with Gasteiger partial charge in [-0.25, -0.2) is 0 Å². The van der Waals surface area contributed by atoms with Crippen LogP contribution in [0.15, 0.2) is 30.3 Å². The van der Waals surface area contributed by atoms with Crippen LogP contribution in [0.5, 0.6) is 0 Å². The zero-order valence-electron chi connectivity index (χ0n) is 12.4. The van der Waals surface area contributed by atoms with Crippen molar-refractivity contribution in [1.29, 1.82) is 0 Å². The number of nitrogen functional groups attached to an aromatic ring is 1. The summed E-state index contributed by atoms with van der Waals surface area (Å²) in [6, 6.07) is 9.65. The predicted molar refractivity (Wildman–Crippen MR) is 84.2 cm³/mol. The Bertz CT molecular complexity index is 675. The van der Waals surface area contributed by atoms with Crippen LogP contribution in [0.25, 0.3) is 0 Å². The molecule has 0 heterocycles. The molecule has 2 rings (SSSR count). The summed E-state index contributed by atoms with van der Waals surface area (Å²) in [5, 5.41) is 2.98. The molecule has 0 atom stereocenters. The third-order valence-electron chi connectivity index (χ3n) is 3.59. The number of hydrogen-bond donors (Lipinski definition) is 2. The molecule has 2 aromatic carbocycles. The van der Waals surface area contributed by atoms with Crippen molar-refractivity contribution in [3.8, 4) is 0 Å². The van der Waals surface area contributed by atoms with Crippen LogP contribution < -0.4 is 11.1 Å². The summed E-state index contributed by atoms with van der Waals surface area (Å²) in [6.45, 7) is 7.80. The van der Waals surface area contributed by atoms with Crippen LogP contribution in [0.4, 0.5) is 11.4 Å². The van der Waals surface area contributed by atoms with Crippen LogP contribution in [0, 0.1) is 27.7 Å². The number of benzene rings is 2. The van der Waals surface area contributed by atoms with Gasteiger partial charge in [-0.15, -0.1) is 0 Å². The Morgan fingerprint density at radius 1 is 1.00 bits per heavy atom. The SMILES string of the molecule is Cc1ccc(C)c(C(=O)Nc2c(C)ccc(N)c2C)c1. The maximum absolute atomic E-state index is 12.5. The molecule has 3 heteroatoms. The number of hydrogen-bond acceptors (Lipinski definition) is 2. The van der Waals surface area contributed by atoms with E-state index in [1.807, 2.05) is 58.0 Å². The van der Waals surface area contributed by atoms with Crippen molar-refractivity contribution in [2.75, 3.05) is 11.1 Å². The summed E-state index contributed by atoms with van der Waals surface area (Å²) in [6.07, 6.45) is 0. The molecule has 0 aromatic heterocycles. The second kappa shape index (κ2) is 5.37. The van der Waals surface area contributed by atoms with Crippen molar-refractivity contribution in [3.05, 3.63) is 58.1 Å². The van der Waals surface area contributed by atoms with Gasteiger partial charge in [0.25, 0.3) is 5.91 Å². The van der Waals surface area contributed by atoms with E-state index in [1.165, 1.54) is 0 Å². The lowest BCUT2D eigenvalue weighted by atomic mass is 10.0. The first-order chi connectivity index (χ1) is 9.40. The summed E-state index contributed by atoms with van der Waals surface area (Å²) in [5.74, 6) is -0.0944. The lowest BCUT2D eigenvalue weighted by Crippen LogP contribution is -2.15. The van der Waals surface area contributed by atoms with Gasteiger partial charge in [0.05, 0.1) is 0 Å². The molecule has 0 aliphatic heterocycles. The number of aryl methyl sites for hydroxylation is 3. The molecular weight excluding hydrogens is 248 g/mol. The molecular formula is C17H20N2O. The molecule has 3 nitrogen and oxygen atoms in total. The van der Waals surface area contributed by atoms with E-state index in [1.54, 1.807) is 0 Å². The van der Waals surface area contributed by atoms with E-state index in [4.69, 9.17) is 5.73 Å².